The second-order valence-corrected chi connectivity index (χ2v) is 3.94. The molecule has 0 atom stereocenters. The monoisotopic (exact) mass is 239 g/mol. The minimum atomic E-state index is 0.726. The van der Waals surface area contributed by atoms with Crippen LogP contribution in [0.1, 0.15) is 5.56 Å². The third-order valence-corrected chi connectivity index (χ3v) is 2.73. The van der Waals surface area contributed by atoms with E-state index in [4.69, 9.17) is 0 Å². The Hall–Kier alpha value is -2.43. The van der Waals surface area contributed by atoms with E-state index in [-0.39, 0.29) is 0 Å². The first kappa shape index (κ1) is 10.7. The zero-order chi connectivity index (χ0) is 12.2. The van der Waals surface area contributed by atoms with Crippen molar-refractivity contribution >= 4 is 23.1 Å². The van der Waals surface area contributed by atoms with Crippen molar-refractivity contribution in [3.63, 3.8) is 0 Å². The van der Waals surface area contributed by atoms with Crippen LogP contribution in [0.2, 0.25) is 0 Å². The van der Waals surface area contributed by atoms with Gasteiger partial charge in [-0.2, -0.15) is 5.10 Å². The first-order valence-electron chi connectivity index (χ1n) is 5.85. The van der Waals surface area contributed by atoms with E-state index in [2.05, 4.69) is 25.8 Å². The largest absolute Gasteiger partial charge is 0.353 e. The van der Waals surface area contributed by atoms with E-state index in [1.165, 1.54) is 0 Å². The molecule has 0 aliphatic carbocycles. The molecule has 1 aliphatic rings. The zero-order valence-electron chi connectivity index (χ0n) is 9.80. The zero-order valence-corrected chi connectivity index (χ0v) is 9.80. The van der Waals surface area contributed by atoms with Crippen molar-refractivity contribution in [2.24, 2.45) is 10.1 Å². The molecule has 0 bridgehead atoms. The van der Waals surface area contributed by atoms with Crippen LogP contribution in [-0.2, 0) is 0 Å². The predicted molar refractivity (Wildman–Crippen MR) is 72.8 cm³/mol. The number of aromatic nitrogens is 1. The standard InChI is InChI=1S/C13H13N5/c1-2-4-12-11(3-1)10(5-6-14-12)9-17-18-13-15-7-8-16-13/h1-6,9H,7-8H2,(H2,15,16,18)/b17-9+. The normalized spacial score (nSPS) is 14.8. The molecule has 0 unspecified atom stereocenters. The molecule has 2 N–H and O–H groups in total. The summed E-state index contributed by atoms with van der Waals surface area (Å²) in [4.78, 5) is 8.51. The Morgan fingerprint density at radius 2 is 2.22 bits per heavy atom. The summed E-state index contributed by atoms with van der Waals surface area (Å²) in [5, 5.41) is 8.36. The van der Waals surface area contributed by atoms with Crippen LogP contribution >= 0.6 is 0 Å². The van der Waals surface area contributed by atoms with Crippen molar-refractivity contribution in [1.29, 1.82) is 0 Å². The average Bonchev–Trinajstić information content (AvgIpc) is 2.92. The van der Waals surface area contributed by atoms with E-state index in [1.54, 1.807) is 12.4 Å². The molecule has 5 nitrogen and oxygen atoms in total. The fraction of sp³-hybridized carbons (Fsp3) is 0.154. The molecule has 90 valence electrons. The maximum Gasteiger partial charge on any atom is 0.212 e. The lowest BCUT2D eigenvalue weighted by molar-refractivity contribution is 0.920. The third kappa shape index (κ3) is 2.15. The molecule has 1 aromatic heterocycles. The second-order valence-electron chi connectivity index (χ2n) is 3.94. The number of aliphatic imine (C=N–C) groups is 1. The number of fused-ring (bicyclic) bond motifs is 1. The summed E-state index contributed by atoms with van der Waals surface area (Å²) in [6.45, 7) is 1.67. The molecule has 5 heteroatoms. The summed E-state index contributed by atoms with van der Waals surface area (Å²) in [6.07, 6.45) is 3.57. The van der Waals surface area contributed by atoms with Gasteiger partial charge in [0, 0.05) is 23.7 Å². The summed E-state index contributed by atoms with van der Waals surface area (Å²) < 4.78 is 0. The van der Waals surface area contributed by atoms with Crippen LogP contribution in [0.3, 0.4) is 0 Å². The fourth-order valence-electron chi connectivity index (χ4n) is 1.87. The molecular formula is C13H13N5. The van der Waals surface area contributed by atoms with Gasteiger partial charge in [-0.15, -0.1) is 0 Å². The number of nitrogens with zero attached hydrogens (tertiary/aromatic N) is 3. The Morgan fingerprint density at radius 3 is 3.11 bits per heavy atom. The van der Waals surface area contributed by atoms with Crippen molar-refractivity contribution in [3.8, 4) is 0 Å². The van der Waals surface area contributed by atoms with Gasteiger partial charge in [-0.25, -0.2) is 10.4 Å². The summed E-state index contributed by atoms with van der Waals surface area (Å²) >= 11 is 0. The van der Waals surface area contributed by atoms with Crippen LogP contribution in [0, 0.1) is 0 Å². The molecule has 0 saturated carbocycles. The van der Waals surface area contributed by atoms with Crippen LogP contribution < -0.4 is 10.7 Å². The number of pyridine rings is 1. The molecule has 3 rings (SSSR count). The molecule has 1 aliphatic heterocycles. The predicted octanol–water partition coefficient (Wildman–Crippen LogP) is 1.12. The summed E-state index contributed by atoms with van der Waals surface area (Å²) in [5.74, 6) is 0.726. The van der Waals surface area contributed by atoms with Gasteiger partial charge in [0.15, 0.2) is 0 Å². The number of guanidine groups is 1. The Labute approximate surface area is 105 Å². The summed E-state index contributed by atoms with van der Waals surface area (Å²) in [6, 6.07) is 9.94. The highest BCUT2D eigenvalue weighted by Gasteiger charge is 2.02. The highest BCUT2D eigenvalue weighted by molar-refractivity contribution is 5.98. The minimum absolute atomic E-state index is 0.726. The molecule has 1 aromatic carbocycles. The lowest BCUT2D eigenvalue weighted by Gasteiger charge is -2.01. The van der Waals surface area contributed by atoms with Gasteiger partial charge >= 0.3 is 0 Å². The number of benzene rings is 1. The maximum absolute atomic E-state index is 4.31. The number of hydrogen-bond donors (Lipinski definition) is 2. The number of hydrazone groups is 1. The second kappa shape index (κ2) is 4.83. The number of hydrogen-bond acceptors (Lipinski definition) is 5. The van der Waals surface area contributed by atoms with Crippen LogP contribution in [0.15, 0.2) is 46.6 Å². The van der Waals surface area contributed by atoms with Crippen molar-refractivity contribution in [3.05, 3.63) is 42.1 Å². The van der Waals surface area contributed by atoms with Crippen LogP contribution in [-0.4, -0.2) is 30.2 Å². The van der Waals surface area contributed by atoms with Gasteiger partial charge in [0.05, 0.1) is 18.3 Å². The van der Waals surface area contributed by atoms with E-state index >= 15 is 0 Å². The minimum Gasteiger partial charge on any atom is -0.353 e. The van der Waals surface area contributed by atoms with Crippen molar-refractivity contribution in [1.82, 2.24) is 15.7 Å². The number of nitrogens with one attached hydrogen (secondary N) is 2. The molecule has 0 amide bonds. The molecule has 0 saturated heterocycles. The topological polar surface area (TPSA) is 61.7 Å². The molecule has 0 spiro atoms. The van der Waals surface area contributed by atoms with Crippen molar-refractivity contribution < 1.29 is 0 Å². The molecule has 0 fully saturated rings. The van der Waals surface area contributed by atoms with E-state index in [0.29, 0.717) is 0 Å². The van der Waals surface area contributed by atoms with Gasteiger partial charge in [-0.1, -0.05) is 18.2 Å². The average molecular weight is 239 g/mol. The van der Waals surface area contributed by atoms with E-state index in [1.807, 2.05) is 30.3 Å². The Balaban J connectivity index is 1.83. The number of rotatable bonds is 2. The first-order chi connectivity index (χ1) is 8.93. The molecular weight excluding hydrogens is 226 g/mol. The van der Waals surface area contributed by atoms with Gasteiger partial charge in [0.1, 0.15) is 0 Å². The van der Waals surface area contributed by atoms with Gasteiger partial charge < -0.3 is 5.32 Å². The summed E-state index contributed by atoms with van der Waals surface area (Å²) in [5.41, 5.74) is 4.89. The smallest absolute Gasteiger partial charge is 0.212 e. The fourth-order valence-corrected chi connectivity index (χ4v) is 1.87. The van der Waals surface area contributed by atoms with Gasteiger partial charge in [-0.05, 0) is 12.1 Å². The van der Waals surface area contributed by atoms with E-state index < -0.39 is 0 Å². The summed E-state index contributed by atoms with van der Waals surface area (Å²) in [7, 11) is 0. The van der Waals surface area contributed by atoms with E-state index in [0.717, 1.165) is 35.5 Å². The Bertz CT molecular complexity index is 612. The third-order valence-electron chi connectivity index (χ3n) is 2.73. The first-order valence-corrected chi connectivity index (χ1v) is 5.85. The quantitative estimate of drug-likeness (QED) is 0.609. The highest BCUT2D eigenvalue weighted by atomic mass is 15.4. The SMILES string of the molecule is C(=N\NC1=NCCN1)/c1ccnc2ccccc12. The van der Waals surface area contributed by atoms with Crippen LogP contribution in [0.5, 0.6) is 0 Å². The molecule has 2 aromatic rings. The molecule has 2 heterocycles. The van der Waals surface area contributed by atoms with Crippen LogP contribution in [0.25, 0.3) is 10.9 Å². The van der Waals surface area contributed by atoms with Gasteiger partial charge in [0.2, 0.25) is 5.96 Å². The number of para-hydroxylation sites is 1. The lowest BCUT2D eigenvalue weighted by atomic mass is 10.1. The van der Waals surface area contributed by atoms with E-state index in [9.17, 15) is 0 Å². The van der Waals surface area contributed by atoms with Crippen LogP contribution in [0.4, 0.5) is 0 Å². The molecule has 0 radical (unpaired) electrons. The van der Waals surface area contributed by atoms with Gasteiger partial charge in [0.25, 0.3) is 0 Å². The van der Waals surface area contributed by atoms with Gasteiger partial charge in [-0.3, -0.25) is 4.98 Å². The Morgan fingerprint density at radius 1 is 1.28 bits per heavy atom. The van der Waals surface area contributed by atoms with Crippen molar-refractivity contribution in [2.45, 2.75) is 0 Å². The lowest BCUT2D eigenvalue weighted by Crippen LogP contribution is -2.30. The van der Waals surface area contributed by atoms with Crippen molar-refractivity contribution in [2.75, 3.05) is 13.1 Å². The molecule has 18 heavy (non-hydrogen) atoms. The highest BCUT2D eigenvalue weighted by Crippen LogP contribution is 2.13. The Kier molecular flexibility index (Phi) is 2.87. The maximum atomic E-state index is 4.31.